The largest absolute Gasteiger partial charge is 0.478 e. The number of benzene rings is 1. The number of fused-ring (bicyclic) bond motifs is 1. The highest BCUT2D eigenvalue weighted by Crippen LogP contribution is 2.31. The molecule has 108 valence electrons. The minimum Gasteiger partial charge on any atom is -0.478 e. The predicted octanol–water partition coefficient (Wildman–Crippen LogP) is 4.17. The molecular formula is C16H14BrNO2S. The van der Waals surface area contributed by atoms with Gasteiger partial charge in [-0.1, -0.05) is 15.9 Å². The predicted molar refractivity (Wildman–Crippen MR) is 89.9 cm³/mol. The summed E-state index contributed by atoms with van der Waals surface area (Å²) < 4.78 is 0.949. The van der Waals surface area contributed by atoms with Crippen molar-refractivity contribution in [1.82, 2.24) is 0 Å². The maximum atomic E-state index is 10.8. The van der Waals surface area contributed by atoms with Crippen LogP contribution < -0.4 is 4.90 Å². The Morgan fingerprint density at radius 2 is 2.24 bits per heavy atom. The number of carboxylic acids is 1. The van der Waals surface area contributed by atoms with Gasteiger partial charge in [-0.2, -0.15) is 0 Å². The van der Waals surface area contributed by atoms with E-state index in [1.54, 1.807) is 6.08 Å². The Hall–Kier alpha value is -1.59. The van der Waals surface area contributed by atoms with Gasteiger partial charge >= 0.3 is 5.97 Å². The van der Waals surface area contributed by atoms with Gasteiger partial charge < -0.3 is 10.0 Å². The van der Waals surface area contributed by atoms with Gasteiger partial charge in [-0.05, 0) is 53.3 Å². The molecule has 1 N–H and O–H groups in total. The number of rotatable bonds is 3. The molecule has 0 radical (unpaired) electrons. The number of anilines is 1. The SMILES string of the molecule is O=C(O)/C=C/c1cc(Br)ccc1N1CCc2sccc2C1. The van der Waals surface area contributed by atoms with E-state index in [1.165, 1.54) is 16.5 Å². The second-order valence-corrected chi connectivity index (χ2v) is 6.83. The molecule has 1 aliphatic rings. The topological polar surface area (TPSA) is 40.5 Å². The van der Waals surface area contributed by atoms with E-state index in [-0.39, 0.29) is 0 Å². The highest BCUT2D eigenvalue weighted by atomic mass is 79.9. The highest BCUT2D eigenvalue weighted by Gasteiger charge is 2.19. The molecule has 2 heterocycles. The number of hydrogen-bond donors (Lipinski definition) is 1. The average molecular weight is 364 g/mol. The van der Waals surface area contributed by atoms with Crippen LogP contribution in [-0.4, -0.2) is 17.6 Å². The molecule has 0 unspecified atom stereocenters. The number of thiophene rings is 1. The van der Waals surface area contributed by atoms with Crippen LogP contribution in [0.5, 0.6) is 0 Å². The van der Waals surface area contributed by atoms with Crippen LogP contribution >= 0.6 is 27.3 Å². The monoisotopic (exact) mass is 363 g/mol. The first-order valence-electron chi connectivity index (χ1n) is 6.64. The molecule has 0 aliphatic carbocycles. The van der Waals surface area contributed by atoms with Crippen molar-refractivity contribution >= 4 is 45.0 Å². The lowest BCUT2D eigenvalue weighted by Gasteiger charge is -2.30. The van der Waals surface area contributed by atoms with Crippen molar-refractivity contribution in [2.75, 3.05) is 11.4 Å². The number of hydrogen-bond acceptors (Lipinski definition) is 3. The number of carboxylic acid groups (broad SMARTS) is 1. The molecule has 1 aliphatic heterocycles. The molecule has 0 bridgehead atoms. The van der Waals surface area contributed by atoms with E-state index in [1.807, 2.05) is 29.5 Å². The molecule has 1 aromatic carbocycles. The van der Waals surface area contributed by atoms with Crippen molar-refractivity contribution in [2.45, 2.75) is 13.0 Å². The molecule has 1 aromatic heterocycles. The standard InChI is InChI=1S/C16H14BrNO2S/c17-13-2-3-14(11(9-13)1-4-16(19)20)18-7-5-15-12(10-18)6-8-21-15/h1-4,6,8-9H,5,7,10H2,(H,19,20)/b4-1+. The fraction of sp³-hybridized carbons (Fsp3) is 0.188. The van der Waals surface area contributed by atoms with Gasteiger partial charge in [0.2, 0.25) is 0 Å². The third kappa shape index (κ3) is 3.19. The molecule has 3 rings (SSSR count). The number of nitrogens with zero attached hydrogens (tertiary/aromatic N) is 1. The third-order valence-corrected chi connectivity index (χ3v) is 5.06. The zero-order chi connectivity index (χ0) is 14.8. The van der Waals surface area contributed by atoms with Crippen LogP contribution in [0.15, 0.2) is 40.2 Å². The Morgan fingerprint density at radius 3 is 3.05 bits per heavy atom. The molecule has 0 amide bonds. The maximum absolute atomic E-state index is 10.8. The maximum Gasteiger partial charge on any atom is 0.328 e. The molecule has 0 atom stereocenters. The quantitative estimate of drug-likeness (QED) is 0.831. The number of aliphatic carboxylic acids is 1. The summed E-state index contributed by atoms with van der Waals surface area (Å²) >= 11 is 5.27. The Labute approximate surface area is 135 Å². The summed E-state index contributed by atoms with van der Waals surface area (Å²) in [6, 6.07) is 8.18. The lowest BCUT2D eigenvalue weighted by atomic mass is 10.1. The van der Waals surface area contributed by atoms with Crippen LogP contribution in [0.1, 0.15) is 16.0 Å². The van der Waals surface area contributed by atoms with E-state index < -0.39 is 5.97 Å². The van der Waals surface area contributed by atoms with Gasteiger partial charge in [-0.3, -0.25) is 0 Å². The Morgan fingerprint density at radius 1 is 1.38 bits per heavy atom. The first-order chi connectivity index (χ1) is 10.1. The second kappa shape index (κ2) is 6.03. The molecule has 0 saturated heterocycles. The summed E-state index contributed by atoms with van der Waals surface area (Å²) in [5.41, 5.74) is 3.38. The molecule has 2 aromatic rings. The molecule has 21 heavy (non-hydrogen) atoms. The first-order valence-corrected chi connectivity index (χ1v) is 8.31. The first kappa shape index (κ1) is 14.4. The average Bonchev–Trinajstić information content (AvgIpc) is 2.92. The van der Waals surface area contributed by atoms with E-state index in [2.05, 4.69) is 32.3 Å². The number of carbonyl (C=O) groups is 1. The molecule has 0 spiro atoms. The summed E-state index contributed by atoms with van der Waals surface area (Å²) in [6.07, 6.45) is 3.89. The van der Waals surface area contributed by atoms with Crippen LogP contribution in [0.4, 0.5) is 5.69 Å². The Kier molecular flexibility index (Phi) is 4.12. The molecule has 0 saturated carbocycles. The van der Waals surface area contributed by atoms with Gasteiger partial charge in [-0.25, -0.2) is 4.79 Å². The van der Waals surface area contributed by atoms with Crippen LogP contribution in [0.3, 0.4) is 0 Å². The zero-order valence-corrected chi connectivity index (χ0v) is 13.7. The normalized spacial score (nSPS) is 14.4. The van der Waals surface area contributed by atoms with Crippen molar-refractivity contribution in [3.8, 4) is 0 Å². The van der Waals surface area contributed by atoms with Crippen molar-refractivity contribution in [2.24, 2.45) is 0 Å². The summed E-state index contributed by atoms with van der Waals surface area (Å²) in [6.45, 7) is 1.84. The molecular weight excluding hydrogens is 350 g/mol. The fourth-order valence-electron chi connectivity index (χ4n) is 2.56. The van der Waals surface area contributed by atoms with Crippen molar-refractivity contribution in [3.05, 3.63) is 56.2 Å². The van der Waals surface area contributed by atoms with Crippen LogP contribution in [0.25, 0.3) is 6.08 Å². The van der Waals surface area contributed by atoms with E-state index >= 15 is 0 Å². The lowest BCUT2D eigenvalue weighted by molar-refractivity contribution is -0.131. The molecule has 3 nitrogen and oxygen atoms in total. The number of halogens is 1. The van der Waals surface area contributed by atoms with E-state index in [0.29, 0.717) is 0 Å². The van der Waals surface area contributed by atoms with Gasteiger partial charge in [0, 0.05) is 34.2 Å². The van der Waals surface area contributed by atoms with E-state index in [4.69, 9.17) is 5.11 Å². The van der Waals surface area contributed by atoms with Crippen LogP contribution in [0, 0.1) is 0 Å². The lowest BCUT2D eigenvalue weighted by Crippen LogP contribution is -2.29. The van der Waals surface area contributed by atoms with Crippen LogP contribution in [-0.2, 0) is 17.8 Å². The summed E-state index contributed by atoms with van der Waals surface area (Å²) in [5, 5.41) is 11.0. The second-order valence-electron chi connectivity index (χ2n) is 4.92. The Balaban J connectivity index is 1.93. The summed E-state index contributed by atoms with van der Waals surface area (Å²) in [4.78, 5) is 14.5. The fourth-order valence-corrected chi connectivity index (χ4v) is 3.83. The highest BCUT2D eigenvalue weighted by molar-refractivity contribution is 9.10. The molecule has 5 heteroatoms. The van der Waals surface area contributed by atoms with Gasteiger partial charge in [0.25, 0.3) is 0 Å². The smallest absolute Gasteiger partial charge is 0.328 e. The van der Waals surface area contributed by atoms with E-state index in [9.17, 15) is 4.79 Å². The van der Waals surface area contributed by atoms with Gasteiger partial charge in [0.15, 0.2) is 0 Å². The minimum atomic E-state index is -0.931. The van der Waals surface area contributed by atoms with Crippen molar-refractivity contribution < 1.29 is 9.90 Å². The van der Waals surface area contributed by atoms with Crippen molar-refractivity contribution in [3.63, 3.8) is 0 Å². The Bertz CT molecular complexity index is 708. The van der Waals surface area contributed by atoms with Gasteiger partial charge in [0.1, 0.15) is 0 Å². The summed E-state index contributed by atoms with van der Waals surface area (Å²) in [5.74, 6) is -0.931. The summed E-state index contributed by atoms with van der Waals surface area (Å²) in [7, 11) is 0. The minimum absolute atomic E-state index is 0.883. The third-order valence-electron chi connectivity index (χ3n) is 3.54. The van der Waals surface area contributed by atoms with Crippen molar-refractivity contribution in [1.29, 1.82) is 0 Å². The van der Waals surface area contributed by atoms with E-state index in [0.717, 1.165) is 35.2 Å². The molecule has 0 fully saturated rings. The van der Waals surface area contributed by atoms with Crippen LogP contribution in [0.2, 0.25) is 0 Å². The zero-order valence-electron chi connectivity index (χ0n) is 11.3. The van der Waals surface area contributed by atoms with Gasteiger partial charge in [-0.15, -0.1) is 11.3 Å². The van der Waals surface area contributed by atoms with Gasteiger partial charge in [0.05, 0.1) is 0 Å².